The summed E-state index contributed by atoms with van der Waals surface area (Å²) in [5.74, 6) is 3.61. The van der Waals surface area contributed by atoms with E-state index in [0.717, 1.165) is 27.3 Å². The summed E-state index contributed by atoms with van der Waals surface area (Å²) in [5.41, 5.74) is 3.12. The first kappa shape index (κ1) is 12.0. The molecule has 0 unspecified atom stereocenters. The standard InChI is InChI=1S/C17H12OS/c1-3-12-10-13-6-4-5-7-16(13)19-17-9-8-14(18-2)11-15(12)17/h1,4-11H,2H3. The minimum absolute atomic E-state index is 0.825. The van der Waals surface area contributed by atoms with Crippen molar-refractivity contribution in [1.29, 1.82) is 0 Å². The van der Waals surface area contributed by atoms with Crippen LogP contribution < -0.4 is 4.74 Å². The molecule has 0 amide bonds. The van der Waals surface area contributed by atoms with Crippen LogP contribution in [-0.4, -0.2) is 7.11 Å². The van der Waals surface area contributed by atoms with Crippen LogP contribution in [0.4, 0.5) is 0 Å². The van der Waals surface area contributed by atoms with E-state index in [2.05, 4.69) is 30.2 Å². The fourth-order valence-electron chi connectivity index (χ4n) is 2.10. The van der Waals surface area contributed by atoms with E-state index in [0.29, 0.717) is 0 Å². The van der Waals surface area contributed by atoms with Gasteiger partial charge in [0.15, 0.2) is 0 Å². The zero-order valence-corrected chi connectivity index (χ0v) is 11.3. The Labute approximate surface area is 117 Å². The molecule has 0 N–H and O–H groups in total. The second-order valence-electron chi connectivity index (χ2n) is 4.20. The fraction of sp³-hybridized carbons (Fsp3) is 0.0588. The predicted octanol–water partition coefficient (Wildman–Crippen LogP) is 4.33. The zero-order chi connectivity index (χ0) is 13.2. The molecule has 0 saturated carbocycles. The minimum atomic E-state index is 0.825. The van der Waals surface area contributed by atoms with Crippen molar-refractivity contribution >= 4 is 23.4 Å². The summed E-state index contributed by atoms with van der Waals surface area (Å²) in [6.07, 6.45) is 7.73. The van der Waals surface area contributed by atoms with Crippen LogP contribution in [0.5, 0.6) is 5.75 Å². The highest BCUT2D eigenvalue weighted by Crippen LogP contribution is 2.41. The summed E-state index contributed by atoms with van der Waals surface area (Å²) in [6, 6.07) is 14.3. The summed E-state index contributed by atoms with van der Waals surface area (Å²) in [7, 11) is 1.67. The van der Waals surface area contributed by atoms with E-state index in [1.807, 2.05) is 24.3 Å². The Balaban J connectivity index is 2.24. The van der Waals surface area contributed by atoms with Gasteiger partial charge in [0.25, 0.3) is 0 Å². The van der Waals surface area contributed by atoms with Gasteiger partial charge in [-0.2, -0.15) is 0 Å². The summed E-state index contributed by atoms with van der Waals surface area (Å²) in [4.78, 5) is 2.38. The Bertz CT molecular complexity index is 707. The molecule has 2 aromatic carbocycles. The van der Waals surface area contributed by atoms with Crippen LogP contribution >= 0.6 is 11.8 Å². The molecule has 0 bridgehead atoms. The van der Waals surface area contributed by atoms with Crippen LogP contribution in [-0.2, 0) is 0 Å². The maximum atomic E-state index is 5.67. The number of fused-ring (bicyclic) bond motifs is 2. The fourth-order valence-corrected chi connectivity index (χ4v) is 3.14. The number of hydrogen-bond donors (Lipinski definition) is 0. The average molecular weight is 264 g/mol. The number of ether oxygens (including phenoxy) is 1. The molecule has 2 heteroatoms. The van der Waals surface area contributed by atoms with Crippen molar-refractivity contribution in [3.63, 3.8) is 0 Å². The van der Waals surface area contributed by atoms with E-state index in [9.17, 15) is 0 Å². The molecule has 92 valence electrons. The Morgan fingerprint density at radius 3 is 2.74 bits per heavy atom. The van der Waals surface area contributed by atoms with E-state index in [1.165, 1.54) is 4.90 Å². The molecule has 1 aliphatic heterocycles. The van der Waals surface area contributed by atoms with Crippen LogP contribution in [0.2, 0.25) is 0 Å². The molecule has 3 rings (SSSR count). The second-order valence-corrected chi connectivity index (χ2v) is 5.29. The van der Waals surface area contributed by atoms with Gasteiger partial charge >= 0.3 is 0 Å². The Kier molecular flexibility index (Phi) is 3.06. The topological polar surface area (TPSA) is 9.23 Å². The van der Waals surface area contributed by atoms with E-state index >= 15 is 0 Å². The normalized spacial score (nSPS) is 12.5. The smallest absolute Gasteiger partial charge is 0.119 e. The van der Waals surface area contributed by atoms with E-state index in [1.54, 1.807) is 18.9 Å². The molecule has 19 heavy (non-hydrogen) atoms. The maximum Gasteiger partial charge on any atom is 0.119 e. The summed E-state index contributed by atoms with van der Waals surface area (Å²) in [6.45, 7) is 0. The largest absolute Gasteiger partial charge is 0.497 e. The third-order valence-corrected chi connectivity index (χ3v) is 4.24. The lowest BCUT2D eigenvalue weighted by molar-refractivity contribution is 0.414. The van der Waals surface area contributed by atoms with Gasteiger partial charge < -0.3 is 4.74 Å². The quantitative estimate of drug-likeness (QED) is 0.709. The summed E-state index contributed by atoms with van der Waals surface area (Å²) >= 11 is 1.74. The van der Waals surface area contributed by atoms with E-state index in [-0.39, 0.29) is 0 Å². The van der Waals surface area contributed by atoms with Gasteiger partial charge in [0.2, 0.25) is 0 Å². The SMILES string of the molecule is C#CC1=Cc2ccccc2Sc2ccc(OC)cc21. The monoisotopic (exact) mass is 264 g/mol. The Hall–Kier alpha value is -2.11. The number of methoxy groups -OCH3 is 1. The lowest BCUT2D eigenvalue weighted by Gasteiger charge is -2.08. The highest BCUT2D eigenvalue weighted by molar-refractivity contribution is 7.99. The average Bonchev–Trinajstić information content (AvgIpc) is 2.62. The molecule has 1 nitrogen and oxygen atoms in total. The third kappa shape index (κ3) is 2.14. The van der Waals surface area contributed by atoms with Crippen molar-refractivity contribution in [3.8, 4) is 18.1 Å². The molecule has 1 heterocycles. The van der Waals surface area contributed by atoms with Crippen molar-refractivity contribution in [3.05, 3.63) is 53.6 Å². The van der Waals surface area contributed by atoms with Gasteiger partial charge in [0, 0.05) is 20.9 Å². The summed E-state index contributed by atoms with van der Waals surface area (Å²) in [5, 5.41) is 0. The number of terminal acetylenes is 1. The van der Waals surface area contributed by atoms with Gasteiger partial charge in [-0.3, -0.25) is 0 Å². The van der Waals surface area contributed by atoms with Gasteiger partial charge in [-0.25, -0.2) is 0 Å². The molecule has 1 aliphatic rings. The number of rotatable bonds is 1. The van der Waals surface area contributed by atoms with Crippen LogP contribution in [0.15, 0.2) is 52.3 Å². The third-order valence-electron chi connectivity index (χ3n) is 3.07. The van der Waals surface area contributed by atoms with Crippen LogP contribution in [0.25, 0.3) is 11.6 Å². The van der Waals surface area contributed by atoms with Crippen molar-refractivity contribution in [1.82, 2.24) is 0 Å². The predicted molar refractivity (Wildman–Crippen MR) is 80.3 cm³/mol. The lowest BCUT2D eigenvalue weighted by atomic mass is 10.0. The molecule has 0 atom stereocenters. The van der Waals surface area contributed by atoms with Gasteiger partial charge in [-0.05, 0) is 35.9 Å². The molecule has 0 spiro atoms. The number of hydrogen-bond acceptors (Lipinski definition) is 2. The molecule has 0 aromatic heterocycles. The zero-order valence-electron chi connectivity index (χ0n) is 10.5. The maximum absolute atomic E-state index is 5.67. The highest BCUT2D eigenvalue weighted by atomic mass is 32.2. The van der Waals surface area contributed by atoms with E-state index < -0.39 is 0 Å². The first-order chi connectivity index (χ1) is 9.31. The highest BCUT2D eigenvalue weighted by Gasteiger charge is 2.15. The molecule has 0 radical (unpaired) electrons. The molecule has 0 fully saturated rings. The van der Waals surface area contributed by atoms with Gasteiger partial charge in [-0.15, -0.1) is 6.42 Å². The van der Waals surface area contributed by atoms with Crippen molar-refractivity contribution < 1.29 is 4.74 Å². The summed E-state index contributed by atoms with van der Waals surface area (Å²) < 4.78 is 5.29. The second kappa shape index (κ2) is 4.87. The number of benzene rings is 2. The Morgan fingerprint density at radius 2 is 1.95 bits per heavy atom. The van der Waals surface area contributed by atoms with Crippen molar-refractivity contribution in [2.75, 3.05) is 7.11 Å². The molecule has 0 saturated heterocycles. The first-order valence-corrected chi connectivity index (χ1v) is 6.77. The molecular weight excluding hydrogens is 252 g/mol. The Morgan fingerprint density at radius 1 is 1.11 bits per heavy atom. The molecular formula is C17H12OS. The van der Waals surface area contributed by atoms with Gasteiger partial charge in [0.05, 0.1) is 7.11 Å². The van der Waals surface area contributed by atoms with Crippen molar-refractivity contribution in [2.45, 2.75) is 9.79 Å². The number of allylic oxidation sites excluding steroid dienone is 1. The van der Waals surface area contributed by atoms with Gasteiger partial charge in [0.1, 0.15) is 5.75 Å². The van der Waals surface area contributed by atoms with Gasteiger partial charge in [-0.1, -0.05) is 35.9 Å². The van der Waals surface area contributed by atoms with Crippen LogP contribution in [0, 0.1) is 12.3 Å². The van der Waals surface area contributed by atoms with E-state index in [4.69, 9.17) is 11.2 Å². The van der Waals surface area contributed by atoms with Crippen molar-refractivity contribution in [2.24, 2.45) is 0 Å². The van der Waals surface area contributed by atoms with Crippen LogP contribution in [0.3, 0.4) is 0 Å². The lowest BCUT2D eigenvalue weighted by Crippen LogP contribution is -1.88. The van der Waals surface area contributed by atoms with Crippen LogP contribution in [0.1, 0.15) is 11.1 Å². The molecule has 2 aromatic rings. The minimum Gasteiger partial charge on any atom is -0.497 e. The molecule has 0 aliphatic carbocycles. The first-order valence-electron chi connectivity index (χ1n) is 5.95.